The summed E-state index contributed by atoms with van der Waals surface area (Å²) in [5.41, 5.74) is 3.49. The summed E-state index contributed by atoms with van der Waals surface area (Å²) in [5, 5.41) is 0. The van der Waals surface area contributed by atoms with Crippen molar-refractivity contribution in [3.63, 3.8) is 0 Å². The second kappa shape index (κ2) is 9.56. The summed E-state index contributed by atoms with van der Waals surface area (Å²) in [5.74, 6) is 0.464. The van der Waals surface area contributed by atoms with Gasteiger partial charge in [-0.2, -0.15) is 0 Å². The predicted molar refractivity (Wildman–Crippen MR) is 97.1 cm³/mol. The van der Waals surface area contributed by atoms with Crippen molar-refractivity contribution in [2.24, 2.45) is 0 Å². The molecule has 0 aliphatic rings. The summed E-state index contributed by atoms with van der Waals surface area (Å²) in [6, 6.07) is 16.5. The Hall–Kier alpha value is -2.55. The summed E-state index contributed by atoms with van der Waals surface area (Å²) in [6.45, 7) is 4.51. The van der Waals surface area contributed by atoms with Crippen LogP contribution in [-0.4, -0.2) is 19.2 Å². The number of allylic oxidation sites excluding steroid dienone is 1. The predicted octanol–water partition coefficient (Wildman–Crippen LogP) is 4.80. The lowest BCUT2D eigenvalue weighted by Gasteiger charge is -2.13. The number of carbonyl (C=O) groups excluding carboxylic acids is 1. The molecule has 2 aromatic carbocycles. The van der Waals surface area contributed by atoms with E-state index in [0.717, 1.165) is 29.7 Å². The third-order valence-corrected chi connectivity index (χ3v) is 3.56. The van der Waals surface area contributed by atoms with Gasteiger partial charge in [-0.25, -0.2) is 4.79 Å². The number of hydrogen-bond donors (Lipinski definition) is 0. The normalized spacial score (nSPS) is 10.8. The Morgan fingerprint density at radius 3 is 2.58 bits per heavy atom. The minimum atomic E-state index is -0.345. The van der Waals surface area contributed by atoms with Gasteiger partial charge in [0.05, 0.1) is 0 Å². The zero-order chi connectivity index (χ0) is 17.2. The van der Waals surface area contributed by atoms with E-state index in [0.29, 0.717) is 6.61 Å². The van der Waals surface area contributed by atoms with Crippen molar-refractivity contribution in [3.05, 3.63) is 66.2 Å². The fraction of sp³-hybridized carbons (Fsp3) is 0.286. The molecule has 0 saturated heterocycles. The number of carbonyl (C=O) groups is 1. The third kappa shape index (κ3) is 5.27. The van der Waals surface area contributed by atoms with Gasteiger partial charge in [-0.3, -0.25) is 0 Å². The first kappa shape index (κ1) is 17.8. The maximum Gasteiger partial charge on any atom is 0.330 e. The molecular formula is C21H24O3. The summed E-state index contributed by atoms with van der Waals surface area (Å²) >= 11 is 0. The molecule has 24 heavy (non-hydrogen) atoms. The number of hydrogen-bond acceptors (Lipinski definition) is 3. The SMILES string of the molecule is CC=CC(=O)OCCOc1ccc(CCC)cc1-c1ccccc1. The van der Waals surface area contributed by atoms with Crippen LogP contribution in [0.2, 0.25) is 0 Å². The first-order chi connectivity index (χ1) is 11.7. The lowest BCUT2D eigenvalue weighted by molar-refractivity contribution is -0.138. The zero-order valence-corrected chi connectivity index (χ0v) is 14.3. The highest BCUT2D eigenvalue weighted by molar-refractivity contribution is 5.81. The highest BCUT2D eigenvalue weighted by Gasteiger charge is 2.08. The molecule has 0 fully saturated rings. The Morgan fingerprint density at radius 1 is 1.08 bits per heavy atom. The Balaban J connectivity index is 2.09. The van der Waals surface area contributed by atoms with E-state index in [2.05, 4.69) is 31.2 Å². The van der Waals surface area contributed by atoms with Gasteiger partial charge in [0, 0.05) is 11.6 Å². The molecule has 3 heteroatoms. The van der Waals surface area contributed by atoms with Gasteiger partial charge < -0.3 is 9.47 Å². The Labute approximate surface area is 143 Å². The van der Waals surface area contributed by atoms with Crippen molar-refractivity contribution in [1.82, 2.24) is 0 Å². The lowest BCUT2D eigenvalue weighted by Crippen LogP contribution is -2.10. The van der Waals surface area contributed by atoms with Gasteiger partial charge in [0.1, 0.15) is 19.0 Å². The van der Waals surface area contributed by atoms with E-state index < -0.39 is 0 Å². The minimum Gasteiger partial charge on any atom is -0.489 e. The average Bonchev–Trinajstić information content (AvgIpc) is 2.61. The number of aryl methyl sites for hydroxylation is 1. The van der Waals surface area contributed by atoms with Crippen molar-refractivity contribution in [3.8, 4) is 16.9 Å². The van der Waals surface area contributed by atoms with Crippen molar-refractivity contribution in [1.29, 1.82) is 0 Å². The molecule has 2 rings (SSSR count). The van der Waals surface area contributed by atoms with Crippen molar-refractivity contribution < 1.29 is 14.3 Å². The molecule has 3 nitrogen and oxygen atoms in total. The van der Waals surface area contributed by atoms with Gasteiger partial charge in [0.15, 0.2) is 0 Å². The summed E-state index contributed by atoms with van der Waals surface area (Å²) in [4.78, 5) is 11.3. The molecular weight excluding hydrogens is 300 g/mol. The Morgan fingerprint density at radius 2 is 1.88 bits per heavy atom. The van der Waals surface area contributed by atoms with Gasteiger partial charge in [-0.15, -0.1) is 0 Å². The van der Waals surface area contributed by atoms with E-state index >= 15 is 0 Å². The van der Waals surface area contributed by atoms with Crippen molar-refractivity contribution >= 4 is 5.97 Å². The van der Waals surface area contributed by atoms with Crippen molar-refractivity contribution in [2.75, 3.05) is 13.2 Å². The molecule has 0 N–H and O–H groups in total. The summed E-state index contributed by atoms with van der Waals surface area (Å²) in [7, 11) is 0. The largest absolute Gasteiger partial charge is 0.489 e. The molecule has 126 valence electrons. The van der Waals surface area contributed by atoms with Crippen LogP contribution in [0, 0.1) is 0 Å². The van der Waals surface area contributed by atoms with Gasteiger partial charge in [0.2, 0.25) is 0 Å². The number of ether oxygens (including phenoxy) is 2. The first-order valence-electron chi connectivity index (χ1n) is 8.35. The van der Waals surface area contributed by atoms with Crippen LogP contribution < -0.4 is 4.74 Å². The fourth-order valence-corrected chi connectivity index (χ4v) is 2.47. The van der Waals surface area contributed by atoms with Crippen molar-refractivity contribution in [2.45, 2.75) is 26.7 Å². The number of rotatable bonds is 8. The van der Waals surface area contributed by atoms with Crippen LogP contribution in [0.3, 0.4) is 0 Å². The first-order valence-corrected chi connectivity index (χ1v) is 8.35. The molecule has 0 radical (unpaired) electrons. The van der Waals surface area contributed by atoms with Gasteiger partial charge in [-0.1, -0.05) is 55.8 Å². The quantitative estimate of drug-likeness (QED) is 0.397. The molecule has 0 amide bonds. The molecule has 2 aromatic rings. The molecule has 0 aromatic heterocycles. The maximum absolute atomic E-state index is 11.3. The van der Waals surface area contributed by atoms with Crippen LogP contribution in [0.1, 0.15) is 25.8 Å². The Bertz CT molecular complexity index is 675. The van der Waals surface area contributed by atoms with Crippen LogP contribution in [0.15, 0.2) is 60.7 Å². The van der Waals surface area contributed by atoms with Gasteiger partial charge >= 0.3 is 5.97 Å². The van der Waals surface area contributed by atoms with Crippen LogP contribution in [0.4, 0.5) is 0 Å². The van der Waals surface area contributed by atoms with E-state index in [1.54, 1.807) is 13.0 Å². The van der Waals surface area contributed by atoms with Gasteiger partial charge in [-0.05, 0) is 36.6 Å². The summed E-state index contributed by atoms with van der Waals surface area (Å²) < 4.78 is 10.9. The second-order valence-corrected chi connectivity index (χ2v) is 5.46. The molecule has 0 saturated carbocycles. The highest BCUT2D eigenvalue weighted by Crippen LogP contribution is 2.31. The second-order valence-electron chi connectivity index (χ2n) is 5.46. The van der Waals surface area contributed by atoms with E-state index in [-0.39, 0.29) is 12.6 Å². The zero-order valence-electron chi connectivity index (χ0n) is 14.3. The molecule has 0 spiro atoms. The maximum atomic E-state index is 11.3. The third-order valence-electron chi connectivity index (χ3n) is 3.56. The van der Waals surface area contributed by atoms with E-state index in [4.69, 9.17) is 9.47 Å². The molecule has 0 heterocycles. The molecule has 0 unspecified atom stereocenters. The standard InChI is InChI=1S/C21H24O3/c1-3-8-17-12-13-20(23-14-15-24-21(22)9-4-2)19(16-17)18-10-6-5-7-11-18/h4-7,9-13,16H,3,8,14-15H2,1-2H3. The topological polar surface area (TPSA) is 35.5 Å². The molecule has 0 aliphatic heterocycles. The summed E-state index contributed by atoms with van der Waals surface area (Å²) in [6.07, 6.45) is 5.20. The fourth-order valence-electron chi connectivity index (χ4n) is 2.47. The van der Waals surface area contributed by atoms with E-state index in [9.17, 15) is 4.79 Å². The monoisotopic (exact) mass is 324 g/mol. The van der Waals surface area contributed by atoms with Crippen LogP contribution in [-0.2, 0) is 16.0 Å². The number of benzene rings is 2. The Kier molecular flexibility index (Phi) is 7.09. The molecule has 0 bridgehead atoms. The van der Waals surface area contributed by atoms with Gasteiger partial charge in [0.25, 0.3) is 0 Å². The molecule has 0 atom stereocenters. The molecule has 0 aliphatic carbocycles. The highest BCUT2D eigenvalue weighted by atomic mass is 16.6. The van der Waals surface area contributed by atoms with Crippen LogP contribution in [0.5, 0.6) is 5.75 Å². The number of esters is 1. The van der Waals surface area contributed by atoms with Crippen LogP contribution in [0.25, 0.3) is 11.1 Å². The van der Waals surface area contributed by atoms with E-state index in [1.807, 2.05) is 24.3 Å². The lowest BCUT2D eigenvalue weighted by atomic mass is 10.00. The average molecular weight is 324 g/mol. The van der Waals surface area contributed by atoms with Crippen LogP contribution >= 0.6 is 0 Å². The van der Waals surface area contributed by atoms with E-state index in [1.165, 1.54) is 11.6 Å². The smallest absolute Gasteiger partial charge is 0.330 e. The minimum absolute atomic E-state index is 0.230.